The zero-order chi connectivity index (χ0) is 13.5. The van der Waals surface area contributed by atoms with Crippen LogP contribution in [0.5, 0.6) is 0 Å². The molecule has 5 heteroatoms. The molecule has 1 amide bonds. The van der Waals surface area contributed by atoms with E-state index in [1.165, 1.54) is 0 Å². The number of anilines is 1. The van der Waals surface area contributed by atoms with E-state index in [1.807, 2.05) is 6.92 Å². The second kappa shape index (κ2) is 6.64. The Bertz CT molecular complexity index is 426. The third kappa shape index (κ3) is 4.08. The molecule has 0 aliphatic carbocycles. The first kappa shape index (κ1) is 14.0. The molecule has 0 spiro atoms. The van der Waals surface area contributed by atoms with Crippen LogP contribution >= 0.6 is 0 Å². The van der Waals surface area contributed by atoms with Gasteiger partial charge in [0.25, 0.3) is 0 Å². The third-order valence-corrected chi connectivity index (χ3v) is 2.80. The van der Waals surface area contributed by atoms with Crippen molar-refractivity contribution in [2.24, 2.45) is 16.8 Å². The Labute approximate surface area is 107 Å². The summed E-state index contributed by atoms with van der Waals surface area (Å²) in [6, 6.07) is 6.83. The van der Waals surface area contributed by atoms with Gasteiger partial charge in [0.2, 0.25) is 5.91 Å². The van der Waals surface area contributed by atoms with E-state index in [-0.39, 0.29) is 11.7 Å². The van der Waals surface area contributed by atoms with E-state index in [2.05, 4.69) is 17.4 Å². The number of benzene rings is 1. The second-order valence-electron chi connectivity index (χ2n) is 4.33. The Morgan fingerprint density at radius 1 is 1.44 bits per heavy atom. The van der Waals surface area contributed by atoms with Crippen LogP contribution in [0.1, 0.15) is 32.3 Å². The van der Waals surface area contributed by atoms with E-state index in [0.717, 1.165) is 6.42 Å². The van der Waals surface area contributed by atoms with Gasteiger partial charge in [-0.3, -0.25) is 4.79 Å². The number of nitrogens with zero attached hydrogens (tertiary/aromatic N) is 1. The van der Waals surface area contributed by atoms with Crippen LogP contribution in [0.2, 0.25) is 0 Å². The van der Waals surface area contributed by atoms with E-state index in [1.54, 1.807) is 24.3 Å². The van der Waals surface area contributed by atoms with Crippen molar-refractivity contribution in [2.75, 3.05) is 5.32 Å². The quantitative estimate of drug-likeness (QED) is 0.323. The molecular formula is C13H19N3O2. The zero-order valence-corrected chi connectivity index (χ0v) is 10.7. The normalized spacial score (nSPS) is 13.1. The first-order chi connectivity index (χ1) is 8.56. The van der Waals surface area contributed by atoms with Crippen molar-refractivity contribution in [3.8, 4) is 0 Å². The number of carbonyl (C=O) groups is 1. The molecule has 0 saturated heterocycles. The van der Waals surface area contributed by atoms with E-state index in [0.29, 0.717) is 23.6 Å². The van der Waals surface area contributed by atoms with Crippen LogP contribution < -0.4 is 11.1 Å². The maximum atomic E-state index is 11.7. The van der Waals surface area contributed by atoms with Crippen LogP contribution in [0.3, 0.4) is 0 Å². The highest BCUT2D eigenvalue weighted by Crippen LogP contribution is 2.12. The maximum Gasteiger partial charge on any atom is 0.224 e. The molecule has 0 aromatic heterocycles. The number of hydrogen-bond acceptors (Lipinski definition) is 3. The highest BCUT2D eigenvalue weighted by Gasteiger charge is 2.07. The molecule has 1 atom stereocenters. The molecule has 1 aromatic rings. The molecule has 18 heavy (non-hydrogen) atoms. The van der Waals surface area contributed by atoms with Gasteiger partial charge in [-0.25, -0.2) is 0 Å². The summed E-state index contributed by atoms with van der Waals surface area (Å²) in [5, 5.41) is 14.2. The summed E-state index contributed by atoms with van der Waals surface area (Å²) in [7, 11) is 0. The summed E-state index contributed by atoms with van der Waals surface area (Å²) in [5.41, 5.74) is 6.76. The second-order valence-corrected chi connectivity index (χ2v) is 4.33. The fourth-order valence-electron chi connectivity index (χ4n) is 1.45. The number of oxime groups is 1. The summed E-state index contributed by atoms with van der Waals surface area (Å²) in [6.07, 6.45) is 1.49. The molecule has 1 aromatic carbocycles. The van der Waals surface area contributed by atoms with Crippen molar-refractivity contribution in [3.05, 3.63) is 29.8 Å². The number of rotatable bonds is 5. The molecule has 0 aliphatic rings. The summed E-state index contributed by atoms with van der Waals surface area (Å²) in [5.74, 6) is 0.426. The number of amides is 1. The van der Waals surface area contributed by atoms with Crippen LogP contribution in [-0.2, 0) is 4.79 Å². The molecule has 0 bridgehead atoms. The standard InChI is InChI=1S/C13H19N3O2/c1-3-9(2)8-12(17)15-11-6-4-10(5-7-11)13(14)16-18/h4-7,9,18H,3,8H2,1-2H3,(H2,14,16)(H,15,17). The van der Waals surface area contributed by atoms with Crippen LogP contribution in [0.25, 0.3) is 0 Å². The molecule has 0 aliphatic heterocycles. The van der Waals surface area contributed by atoms with Gasteiger partial charge in [-0.05, 0) is 30.2 Å². The monoisotopic (exact) mass is 249 g/mol. The van der Waals surface area contributed by atoms with Crippen molar-refractivity contribution >= 4 is 17.4 Å². The van der Waals surface area contributed by atoms with Crippen LogP contribution in [0, 0.1) is 5.92 Å². The Balaban J connectivity index is 2.61. The Hall–Kier alpha value is -2.04. The zero-order valence-electron chi connectivity index (χ0n) is 10.7. The maximum absolute atomic E-state index is 11.7. The molecule has 0 fully saturated rings. The van der Waals surface area contributed by atoms with Gasteiger partial charge in [0, 0.05) is 17.7 Å². The fourth-order valence-corrected chi connectivity index (χ4v) is 1.45. The molecule has 4 N–H and O–H groups in total. The minimum Gasteiger partial charge on any atom is -0.409 e. The Morgan fingerprint density at radius 3 is 2.56 bits per heavy atom. The van der Waals surface area contributed by atoms with E-state index in [9.17, 15) is 4.79 Å². The average molecular weight is 249 g/mol. The average Bonchev–Trinajstić information content (AvgIpc) is 2.38. The predicted molar refractivity (Wildman–Crippen MR) is 71.7 cm³/mol. The molecular weight excluding hydrogens is 230 g/mol. The van der Waals surface area contributed by atoms with Gasteiger partial charge in [0.1, 0.15) is 0 Å². The molecule has 98 valence electrons. The summed E-state index contributed by atoms with van der Waals surface area (Å²) in [6.45, 7) is 4.10. The first-order valence-electron chi connectivity index (χ1n) is 5.94. The number of amidine groups is 1. The van der Waals surface area contributed by atoms with Gasteiger partial charge in [-0.1, -0.05) is 25.4 Å². The SMILES string of the molecule is CCC(C)CC(=O)Nc1ccc(/C(N)=N/O)cc1. The number of carbonyl (C=O) groups excluding carboxylic acids is 1. The topological polar surface area (TPSA) is 87.7 Å². The Kier molecular flexibility index (Phi) is 5.17. The number of nitrogens with one attached hydrogen (secondary N) is 1. The number of nitrogens with two attached hydrogens (primary N) is 1. The third-order valence-electron chi connectivity index (χ3n) is 2.80. The predicted octanol–water partition coefficient (Wildman–Crippen LogP) is 2.16. The molecule has 0 radical (unpaired) electrons. The van der Waals surface area contributed by atoms with E-state index >= 15 is 0 Å². The largest absolute Gasteiger partial charge is 0.409 e. The van der Waals surface area contributed by atoms with Crippen LogP contribution in [0.4, 0.5) is 5.69 Å². The van der Waals surface area contributed by atoms with E-state index in [4.69, 9.17) is 10.9 Å². The van der Waals surface area contributed by atoms with Crippen molar-refractivity contribution in [2.45, 2.75) is 26.7 Å². The lowest BCUT2D eigenvalue weighted by molar-refractivity contribution is -0.117. The van der Waals surface area contributed by atoms with Crippen molar-refractivity contribution in [3.63, 3.8) is 0 Å². The first-order valence-corrected chi connectivity index (χ1v) is 5.94. The minimum absolute atomic E-state index is 0.000831. The lowest BCUT2D eigenvalue weighted by Crippen LogP contribution is -2.15. The molecule has 0 heterocycles. The molecule has 5 nitrogen and oxygen atoms in total. The van der Waals surface area contributed by atoms with Gasteiger partial charge in [0.05, 0.1) is 0 Å². The molecule has 0 saturated carbocycles. The molecule has 1 unspecified atom stereocenters. The van der Waals surface area contributed by atoms with Crippen molar-refractivity contribution in [1.29, 1.82) is 0 Å². The van der Waals surface area contributed by atoms with Crippen LogP contribution in [-0.4, -0.2) is 17.0 Å². The van der Waals surface area contributed by atoms with Crippen molar-refractivity contribution < 1.29 is 10.0 Å². The lowest BCUT2D eigenvalue weighted by Gasteiger charge is -2.09. The van der Waals surface area contributed by atoms with Gasteiger partial charge in [-0.15, -0.1) is 0 Å². The van der Waals surface area contributed by atoms with Crippen molar-refractivity contribution in [1.82, 2.24) is 0 Å². The van der Waals surface area contributed by atoms with Gasteiger partial charge >= 0.3 is 0 Å². The smallest absolute Gasteiger partial charge is 0.224 e. The van der Waals surface area contributed by atoms with Gasteiger partial charge in [-0.2, -0.15) is 0 Å². The van der Waals surface area contributed by atoms with Gasteiger partial charge in [0.15, 0.2) is 5.84 Å². The Morgan fingerprint density at radius 2 is 2.06 bits per heavy atom. The summed E-state index contributed by atoms with van der Waals surface area (Å²) >= 11 is 0. The van der Waals surface area contributed by atoms with Crippen LogP contribution in [0.15, 0.2) is 29.4 Å². The highest BCUT2D eigenvalue weighted by molar-refractivity contribution is 5.98. The summed E-state index contributed by atoms with van der Waals surface area (Å²) < 4.78 is 0. The number of hydrogen-bond donors (Lipinski definition) is 3. The molecule has 1 rings (SSSR count). The van der Waals surface area contributed by atoms with E-state index < -0.39 is 0 Å². The summed E-state index contributed by atoms with van der Waals surface area (Å²) in [4.78, 5) is 11.7. The highest BCUT2D eigenvalue weighted by atomic mass is 16.4. The fraction of sp³-hybridized carbons (Fsp3) is 0.385. The van der Waals surface area contributed by atoms with Gasteiger partial charge < -0.3 is 16.3 Å². The minimum atomic E-state index is 0.000831. The lowest BCUT2D eigenvalue weighted by atomic mass is 10.0.